The molecular formula is C14H16N2O3. The first-order valence-electron chi connectivity index (χ1n) is 6.06. The number of nitrogens with zero attached hydrogens (tertiary/aromatic N) is 1. The van der Waals surface area contributed by atoms with Crippen molar-refractivity contribution >= 4 is 11.6 Å². The van der Waals surface area contributed by atoms with Crippen LogP contribution in [-0.4, -0.2) is 16.2 Å². The highest BCUT2D eigenvalue weighted by Crippen LogP contribution is 2.26. The van der Waals surface area contributed by atoms with Crippen LogP contribution in [0.5, 0.6) is 5.75 Å². The monoisotopic (exact) mass is 260 g/mol. The van der Waals surface area contributed by atoms with Crippen LogP contribution >= 0.6 is 0 Å². The zero-order chi connectivity index (χ0) is 14.0. The quantitative estimate of drug-likeness (QED) is 0.831. The molecule has 0 aliphatic heterocycles. The molecule has 0 atom stereocenters. The van der Waals surface area contributed by atoms with Crippen molar-refractivity contribution in [1.82, 2.24) is 5.16 Å². The lowest BCUT2D eigenvalue weighted by Gasteiger charge is -2.08. The van der Waals surface area contributed by atoms with Crippen molar-refractivity contribution in [2.24, 2.45) is 0 Å². The van der Waals surface area contributed by atoms with Gasteiger partial charge in [0.05, 0.1) is 11.4 Å². The molecule has 1 heterocycles. The maximum Gasteiger partial charge on any atom is 0.261 e. The van der Waals surface area contributed by atoms with E-state index in [1.807, 2.05) is 13.8 Å². The summed E-state index contributed by atoms with van der Waals surface area (Å²) in [6.07, 6.45) is 0. The van der Waals surface area contributed by atoms with Crippen molar-refractivity contribution in [2.45, 2.75) is 26.7 Å². The Balaban J connectivity index is 2.31. The Hall–Kier alpha value is -2.30. The van der Waals surface area contributed by atoms with Gasteiger partial charge in [-0.05, 0) is 19.1 Å². The summed E-state index contributed by atoms with van der Waals surface area (Å²) in [5.74, 6) is 0.303. The third-order valence-electron chi connectivity index (χ3n) is 2.79. The minimum Gasteiger partial charge on any atom is -0.506 e. The third-order valence-corrected chi connectivity index (χ3v) is 2.79. The molecule has 0 fully saturated rings. The number of anilines is 1. The van der Waals surface area contributed by atoms with E-state index in [4.69, 9.17) is 4.52 Å². The van der Waals surface area contributed by atoms with E-state index in [9.17, 15) is 9.90 Å². The zero-order valence-corrected chi connectivity index (χ0v) is 11.1. The van der Waals surface area contributed by atoms with Crippen LogP contribution in [0.2, 0.25) is 0 Å². The summed E-state index contributed by atoms with van der Waals surface area (Å²) >= 11 is 0. The van der Waals surface area contributed by atoms with E-state index in [0.717, 1.165) is 0 Å². The largest absolute Gasteiger partial charge is 0.506 e. The molecule has 0 saturated carbocycles. The fourth-order valence-electron chi connectivity index (χ4n) is 1.82. The minimum absolute atomic E-state index is 0.0241. The van der Waals surface area contributed by atoms with Crippen LogP contribution in [0.4, 0.5) is 5.69 Å². The van der Waals surface area contributed by atoms with Gasteiger partial charge in [0.1, 0.15) is 11.3 Å². The van der Waals surface area contributed by atoms with Gasteiger partial charge in [0, 0.05) is 5.92 Å². The number of carbonyl (C=O) groups excluding carboxylic acids is 1. The van der Waals surface area contributed by atoms with E-state index >= 15 is 0 Å². The molecule has 0 spiro atoms. The lowest BCUT2D eigenvalue weighted by atomic mass is 10.0. The fraction of sp³-hybridized carbons (Fsp3) is 0.286. The standard InChI is InChI=1S/C14H16N2O3/c1-8(2)13-12(9(3)16-19-13)14(18)15-10-6-4-5-7-11(10)17/h4-8,17H,1-3H3,(H,15,18). The summed E-state index contributed by atoms with van der Waals surface area (Å²) in [7, 11) is 0. The first-order valence-corrected chi connectivity index (χ1v) is 6.06. The second kappa shape index (κ2) is 5.14. The Morgan fingerprint density at radius 2 is 2.05 bits per heavy atom. The number of hydrogen-bond donors (Lipinski definition) is 2. The normalized spacial score (nSPS) is 10.7. The number of aromatic nitrogens is 1. The molecule has 19 heavy (non-hydrogen) atoms. The minimum atomic E-state index is -0.330. The van der Waals surface area contributed by atoms with Crippen molar-refractivity contribution in [1.29, 1.82) is 0 Å². The smallest absolute Gasteiger partial charge is 0.261 e. The zero-order valence-electron chi connectivity index (χ0n) is 11.1. The molecule has 0 aliphatic rings. The third kappa shape index (κ3) is 2.59. The maximum absolute atomic E-state index is 12.3. The molecule has 2 N–H and O–H groups in total. The van der Waals surface area contributed by atoms with Crippen LogP contribution in [0.1, 0.15) is 41.6 Å². The summed E-state index contributed by atoms with van der Waals surface area (Å²) in [4.78, 5) is 12.3. The first-order chi connectivity index (χ1) is 9.00. The number of hydrogen-bond acceptors (Lipinski definition) is 4. The first kappa shape index (κ1) is 13.1. The van der Waals surface area contributed by atoms with Crippen molar-refractivity contribution in [3.63, 3.8) is 0 Å². The number of nitrogens with one attached hydrogen (secondary N) is 1. The molecule has 5 nitrogen and oxygen atoms in total. The maximum atomic E-state index is 12.3. The second-order valence-electron chi connectivity index (χ2n) is 4.63. The van der Waals surface area contributed by atoms with Crippen LogP contribution < -0.4 is 5.32 Å². The lowest BCUT2D eigenvalue weighted by Crippen LogP contribution is -2.14. The van der Waals surface area contributed by atoms with E-state index in [2.05, 4.69) is 10.5 Å². The number of rotatable bonds is 3. The number of phenols is 1. The molecule has 0 unspecified atom stereocenters. The van der Waals surface area contributed by atoms with Gasteiger partial charge in [-0.1, -0.05) is 31.1 Å². The average Bonchev–Trinajstić information content (AvgIpc) is 2.74. The highest BCUT2D eigenvalue weighted by atomic mass is 16.5. The average molecular weight is 260 g/mol. The summed E-state index contributed by atoms with van der Waals surface area (Å²) in [6.45, 7) is 5.57. The van der Waals surface area contributed by atoms with E-state index in [-0.39, 0.29) is 17.6 Å². The molecule has 1 aromatic carbocycles. The SMILES string of the molecule is Cc1noc(C(C)C)c1C(=O)Nc1ccccc1O. The number of para-hydroxylation sites is 2. The summed E-state index contributed by atoms with van der Waals surface area (Å²) in [5, 5.41) is 16.1. The van der Waals surface area contributed by atoms with Gasteiger partial charge in [-0.2, -0.15) is 0 Å². The van der Waals surface area contributed by atoms with E-state index in [1.165, 1.54) is 6.07 Å². The van der Waals surface area contributed by atoms with E-state index in [0.29, 0.717) is 22.7 Å². The molecule has 2 aromatic rings. The van der Waals surface area contributed by atoms with Crippen LogP contribution in [0.25, 0.3) is 0 Å². The molecule has 2 rings (SSSR count). The molecule has 100 valence electrons. The highest BCUT2D eigenvalue weighted by molar-refractivity contribution is 6.06. The Labute approximate surface area is 111 Å². The number of phenolic OH excluding ortho intramolecular Hbond substituents is 1. The van der Waals surface area contributed by atoms with Crippen LogP contribution in [0, 0.1) is 6.92 Å². The number of aryl methyl sites for hydroxylation is 1. The molecule has 0 aliphatic carbocycles. The van der Waals surface area contributed by atoms with Gasteiger partial charge in [0.25, 0.3) is 5.91 Å². The van der Waals surface area contributed by atoms with Gasteiger partial charge in [0.2, 0.25) is 0 Å². The summed E-state index contributed by atoms with van der Waals surface area (Å²) in [5.41, 5.74) is 1.33. The van der Waals surface area contributed by atoms with Crippen molar-refractivity contribution in [3.8, 4) is 5.75 Å². The topological polar surface area (TPSA) is 75.4 Å². The van der Waals surface area contributed by atoms with Crippen LogP contribution in [0.15, 0.2) is 28.8 Å². The van der Waals surface area contributed by atoms with E-state index < -0.39 is 0 Å². The van der Waals surface area contributed by atoms with Gasteiger partial charge < -0.3 is 14.9 Å². The van der Waals surface area contributed by atoms with Crippen LogP contribution in [-0.2, 0) is 0 Å². The summed E-state index contributed by atoms with van der Waals surface area (Å²) < 4.78 is 5.17. The van der Waals surface area contributed by atoms with E-state index in [1.54, 1.807) is 25.1 Å². The molecule has 5 heteroatoms. The molecule has 1 amide bonds. The Morgan fingerprint density at radius 1 is 1.37 bits per heavy atom. The van der Waals surface area contributed by atoms with Gasteiger partial charge in [0.15, 0.2) is 5.76 Å². The number of amides is 1. The molecule has 1 aromatic heterocycles. The van der Waals surface area contributed by atoms with Gasteiger partial charge >= 0.3 is 0 Å². The van der Waals surface area contributed by atoms with Crippen molar-refractivity contribution in [2.75, 3.05) is 5.32 Å². The number of carbonyl (C=O) groups is 1. The molecule has 0 radical (unpaired) electrons. The molecule has 0 saturated heterocycles. The van der Waals surface area contributed by atoms with Gasteiger partial charge in [-0.3, -0.25) is 4.79 Å². The highest BCUT2D eigenvalue weighted by Gasteiger charge is 2.23. The lowest BCUT2D eigenvalue weighted by molar-refractivity contribution is 0.102. The van der Waals surface area contributed by atoms with Crippen LogP contribution in [0.3, 0.4) is 0 Å². The number of benzene rings is 1. The predicted molar refractivity (Wildman–Crippen MR) is 71.4 cm³/mol. The Morgan fingerprint density at radius 3 is 2.68 bits per heavy atom. The summed E-state index contributed by atoms with van der Waals surface area (Å²) in [6, 6.07) is 6.57. The van der Waals surface area contributed by atoms with Gasteiger partial charge in [-0.15, -0.1) is 0 Å². The fourth-order valence-corrected chi connectivity index (χ4v) is 1.82. The second-order valence-corrected chi connectivity index (χ2v) is 4.63. The van der Waals surface area contributed by atoms with Crippen molar-refractivity contribution in [3.05, 3.63) is 41.3 Å². The molecule has 0 bridgehead atoms. The van der Waals surface area contributed by atoms with Gasteiger partial charge in [-0.25, -0.2) is 0 Å². The predicted octanol–water partition coefficient (Wildman–Crippen LogP) is 3.06. The molecular weight excluding hydrogens is 244 g/mol. The Bertz CT molecular complexity index is 602. The van der Waals surface area contributed by atoms with Crippen molar-refractivity contribution < 1.29 is 14.4 Å². The Kier molecular flexibility index (Phi) is 3.55. The number of aromatic hydroxyl groups is 1.